The van der Waals surface area contributed by atoms with Gasteiger partial charge in [-0.15, -0.1) is 0 Å². The number of nitrogens with one attached hydrogen (secondary N) is 1. The smallest absolute Gasteiger partial charge is 0.339 e. The molecule has 0 aliphatic heterocycles. The van der Waals surface area contributed by atoms with Crippen LogP contribution in [0, 0.1) is 6.92 Å². The lowest BCUT2D eigenvalue weighted by molar-refractivity contribution is 0.0697. The summed E-state index contributed by atoms with van der Waals surface area (Å²) in [5.41, 5.74) is 3.79. The molecule has 0 fully saturated rings. The largest absolute Gasteiger partial charge is 0.478 e. The van der Waals surface area contributed by atoms with E-state index >= 15 is 0 Å². The number of hydrogen-bond donors (Lipinski definition) is 2. The zero-order chi connectivity index (χ0) is 14.8. The first-order valence-electron chi connectivity index (χ1n) is 7.18. The van der Waals surface area contributed by atoms with E-state index in [0.717, 1.165) is 25.0 Å². The van der Waals surface area contributed by atoms with E-state index in [2.05, 4.69) is 34.6 Å². The first-order chi connectivity index (χ1) is 10.1. The van der Waals surface area contributed by atoms with E-state index < -0.39 is 5.97 Å². The van der Waals surface area contributed by atoms with Crippen LogP contribution in [0.1, 0.15) is 33.6 Å². The van der Waals surface area contributed by atoms with Crippen LogP contribution in [0.5, 0.6) is 0 Å². The highest BCUT2D eigenvalue weighted by atomic mass is 16.4. The molecule has 1 atom stereocenters. The van der Waals surface area contributed by atoms with Crippen LogP contribution in [0.25, 0.3) is 0 Å². The van der Waals surface area contributed by atoms with Crippen molar-refractivity contribution < 1.29 is 9.90 Å². The number of nitrogens with zero attached hydrogens (tertiary/aromatic N) is 1. The van der Waals surface area contributed by atoms with Gasteiger partial charge >= 0.3 is 5.97 Å². The summed E-state index contributed by atoms with van der Waals surface area (Å²) in [6.45, 7) is 1.87. The number of carbonyl (C=O) groups is 1. The van der Waals surface area contributed by atoms with Gasteiger partial charge < -0.3 is 10.4 Å². The van der Waals surface area contributed by atoms with E-state index in [9.17, 15) is 9.90 Å². The van der Waals surface area contributed by atoms with Crippen molar-refractivity contribution >= 4 is 11.8 Å². The van der Waals surface area contributed by atoms with Gasteiger partial charge in [0.25, 0.3) is 0 Å². The van der Waals surface area contributed by atoms with Crippen molar-refractivity contribution in [3.63, 3.8) is 0 Å². The van der Waals surface area contributed by atoms with Crippen molar-refractivity contribution in [2.75, 3.05) is 5.32 Å². The molecular weight excluding hydrogens is 264 g/mol. The average Bonchev–Trinajstić information content (AvgIpc) is 2.47. The Hall–Kier alpha value is -2.36. The Morgan fingerprint density at radius 1 is 1.24 bits per heavy atom. The lowest BCUT2D eigenvalue weighted by Gasteiger charge is -2.26. The van der Waals surface area contributed by atoms with Crippen molar-refractivity contribution in [3.8, 4) is 0 Å². The third kappa shape index (κ3) is 2.89. The van der Waals surface area contributed by atoms with Gasteiger partial charge in [0.2, 0.25) is 0 Å². The Balaban J connectivity index is 1.82. The van der Waals surface area contributed by atoms with Crippen LogP contribution in [0.4, 0.5) is 5.82 Å². The molecule has 0 amide bonds. The lowest BCUT2D eigenvalue weighted by atomic mass is 9.88. The van der Waals surface area contributed by atoms with E-state index in [1.54, 1.807) is 12.1 Å². The van der Waals surface area contributed by atoms with E-state index in [-0.39, 0.29) is 11.6 Å². The molecule has 108 valence electrons. The number of anilines is 1. The minimum atomic E-state index is -0.943. The summed E-state index contributed by atoms with van der Waals surface area (Å²) in [4.78, 5) is 15.6. The number of benzene rings is 1. The topological polar surface area (TPSA) is 62.2 Å². The molecule has 0 saturated carbocycles. The molecule has 1 unspecified atom stereocenters. The highest BCUT2D eigenvalue weighted by Crippen LogP contribution is 2.24. The Morgan fingerprint density at radius 2 is 2.00 bits per heavy atom. The lowest BCUT2D eigenvalue weighted by Crippen LogP contribution is -2.28. The second kappa shape index (κ2) is 5.56. The molecule has 0 radical (unpaired) electrons. The number of hydrogen-bond acceptors (Lipinski definition) is 3. The normalized spacial score (nSPS) is 17.1. The molecule has 0 bridgehead atoms. The molecule has 1 aliphatic rings. The first-order valence-corrected chi connectivity index (χ1v) is 7.18. The van der Waals surface area contributed by atoms with Crippen molar-refractivity contribution in [1.29, 1.82) is 0 Å². The maximum atomic E-state index is 11.3. The molecule has 21 heavy (non-hydrogen) atoms. The maximum Gasteiger partial charge on any atom is 0.339 e. The molecule has 3 rings (SSSR count). The summed E-state index contributed by atoms with van der Waals surface area (Å²) in [7, 11) is 0. The molecule has 0 saturated heterocycles. The van der Waals surface area contributed by atoms with Gasteiger partial charge in [0, 0.05) is 11.7 Å². The van der Waals surface area contributed by atoms with Gasteiger partial charge in [-0.25, -0.2) is 9.78 Å². The summed E-state index contributed by atoms with van der Waals surface area (Å²) in [6, 6.07) is 12.0. The van der Waals surface area contributed by atoms with Crippen LogP contribution in [0.2, 0.25) is 0 Å². The quantitative estimate of drug-likeness (QED) is 0.908. The molecule has 1 aromatic carbocycles. The van der Waals surface area contributed by atoms with Gasteiger partial charge in [-0.05, 0) is 49.4 Å². The number of aromatic carboxylic acids is 1. The average molecular weight is 282 g/mol. The van der Waals surface area contributed by atoms with Crippen LogP contribution in [-0.2, 0) is 12.8 Å². The van der Waals surface area contributed by atoms with E-state index in [4.69, 9.17) is 0 Å². The van der Waals surface area contributed by atoms with E-state index in [0.29, 0.717) is 5.82 Å². The monoisotopic (exact) mass is 282 g/mol. The van der Waals surface area contributed by atoms with E-state index in [1.807, 2.05) is 6.92 Å². The van der Waals surface area contributed by atoms with Crippen LogP contribution in [0.15, 0.2) is 36.4 Å². The van der Waals surface area contributed by atoms with Gasteiger partial charge in [-0.2, -0.15) is 0 Å². The third-order valence-electron chi connectivity index (χ3n) is 3.95. The van der Waals surface area contributed by atoms with Crippen molar-refractivity contribution in [2.45, 2.75) is 32.2 Å². The van der Waals surface area contributed by atoms with E-state index in [1.165, 1.54) is 11.1 Å². The second-order valence-electron chi connectivity index (χ2n) is 5.51. The van der Waals surface area contributed by atoms with Gasteiger partial charge in [0.15, 0.2) is 0 Å². The van der Waals surface area contributed by atoms with Crippen molar-refractivity contribution in [2.24, 2.45) is 0 Å². The van der Waals surface area contributed by atoms with Crippen LogP contribution >= 0.6 is 0 Å². The second-order valence-corrected chi connectivity index (χ2v) is 5.51. The number of carboxylic acid groups (broad SMARTS) is 1. The molecular formula is C17H18N2O2. The Labute approximate surface area is 123 Å². The highest BCUT2D eigenvalue weighted by Gasteiger charge is 2.20. The minimum Gasteiger partial charge on any atom is -0.478 e. The first kappa shape index (κ1) is 13.6. The molecule has 4 nitrogen and oxygen atoms in total. The molecule has 2 N–H and O–H groups in total. The van der Waals surface area contributed by atoms with Crippen molar-refractivity contribution in [3.05, 3.63) is 58.8 Å². The van der Waals surface area contributed by atoms with Crippen LogP contribution in [-0.4, -0.2) is 22.1 Å². The molecule has 2 aromatic rings. The number of aromatic nitrogens is 1. The van der Waals surface area contributed by atoms with Crippen LogP contribution in [0.3, 0.4) is 0 Å². The van der Waals surface area contributed by atoms with Gasteiger partial charge in [0.05, 0.1) is 0 Å². The Morgan fingerprint density at radius 3 is 2.76 bits per heavy atom. The Kier molecular flexibility index (Phi) is 3.60. The summed E-state index contributed by atoms with van der Waals surface area (Å²) in [5, 5.41) is 12.6. The fourth-order valence-electron chi connectivity index (χ4n) is 2.85. The van der Waals surface area contributed by atoms with Gasteiger partial charge in [-0.3, -0.25) is 0 Å². The summed E-state index contributed by atoms with van der Waals surface area (Å²) < 4.78 is 0. The maximum absolute atomic E-state index is 11.3. The van der Waals surface area contributed by atoms with Crippen molar-refractivity contribution in [1.82, 2.24) is 4.98 Å². The van der Waals surface area contributed by atoms with Gasteiger partial charge in [0.1, 0.15) is 11.4 Å². The SMILES string of the molecule is Cc1ccc(C(=O)O)c(NC2CCc3ccccc3C2)n1. The zero-order valence-electron chi connectivity index (χ0n) is 12.0. The third-order valence-corrected chi connectivity index (χ3v) is 3.95. The minimum absolute atomic E-state index is 0.229. The summed E-state index contributed by atoms with van der Waals surface area (Å²) in [5.74, 6) is -0.465. The molecule has 4 heteroatoms. The summed E-state index contributed by atoms with van der Waals surface area (Å²) >= 11 is 0. The molecule has 1 aliphatic carbocycles. The number of pyridine rings is 1. The van der Waals surface area contributed by atoms with Gasteiger partial charge in [-0.1, -0.05) is 24.3 Å². The summed E-state index contributed by atoms with van der Waals surface area (Å²) in [6.07, 6.45) is 2.92. The molecule has 0 spiro atoms. The zero-order valence-corrected chi connectivity index (χ0v) is 12.0. The van der Waals surface area contributed by atoms with Crippen LogP contribution < -0.4 is 5.32 Å². The number of fused-ring (bicyclic) bond motifs is 1. The predicted molar refractivity (Wildman–Crippen MR) is 81.8 cm³/mol. The molecule has 1 heterocycles. The predicted octanol–water partition coefficient (Wildman–Crippen LogP) is 3.06. The highest BCUT2D eigenvalue weighted by molar-refractivity contribution is 5.93. The Bertz CT molecular complexity index is 682. The number of aryl methyl sites for hydroxylation is 2. The molecule has 1 aromatic heterocycles. The fraction of sp³-hybridized carbons (Fsp3) is 0.294. The standard InChI is InChI=1S/C17H18N2O2/c1-11-6-9-15(17(20)21)16(18-11)19-14-8-7-12-4-2-3-5-13(12)10-14/h2-6,9,14H,7-8,10H2,1H3,(H,18,19)(H,20,21). The number of rotatable bonds is 3. The fourth-order valence-corrected chi connectivity index (χ4v) is 2.85. The number of carboxylic acids is 1.